The lowest BCUT2D eigenvalue weighted by Crippen LogP contribution is -2.17. The Morgan fingerprint density at radius 1 is 1.48 bits per heavy atom. The number of ketones is 1. The number of aromatic nitrogens is 2. The fourth-order valence-electron chi connectivity index (χ4n) is 2.77. The third kappa shape index (κ3) is 2.48. The molecule has 0 aliphatic carbocycles. The lowest BCUT2D eigenvalue weighted by Gasteiger charge is -2.15. The molecule has 1 fully saturated rings. The second-order valence-electron chi connectivity index (χ2n) is 5.03. The van der Waals surface area contributed by atoms with Gasteiger partial charge in [0.25, 0.3) is 0 Å². The maximum Gasteiger partial charge on any atom is 0.316 e. The summed E-state index contributed by atoms with van der Waals surface area (Å²) in [6.07, 6.45) is 2.02. The molecule has 6 nitrogen and oxygen atoms in total. The Morgan fingerprint density at radius 2 is 2.33 bits per heavy atom. The van der Waals surface area contributed by atoms with Crippen molar-refractivity contribution < 1.29 is 14.6 Å². The Hall–Kier alpha value is -2.05. The Kier molecular flexibility index (Phi) is 3.81. The van der Waals surface area contributed by atoms with E-state index in [0.717, 1.165) is 25.1 Å². The zero-order valence-electron chi connectivity index (χ0n) is 11.8. The summed E-state index contributed by atoms with van der Waals surface area (Å²) in [4.78, 5) is 20.7. The van der Waals surface area contributed by atoms with Gasteiger partial charge < -0.3 is 15.2 Å². The zero-order valence-corrected chi connectivity index (χ0v) is 11.8. The zero-order chi connectivity index (χ0) is 14.8. The van der Waals surface area contributed by atoms with Crippen molar-refractivity contribution in [1.29, 1.82) is 0 Å². The van der Waals surface area contributed by atoms with Gasteiger partial charge in [-0.15, -0.1) is 0 Å². The van der Waals surface area contributed by atoms with E-state index in [9.17, 15) is 9.90 Å². The Bertz CT molecular complexity index is 681. The number of rotatable bonds is 4. The molecular weight excluding hydrogens is 270 g/mol. The van der Waals surface area contributed by atoms with Crippen LogP contribution < -0.4 is 10.1 Å². The SMILES string of the molecule is COc1nc(C2CCCN2)c2c(C(=O)CO)cccc2n1. The molecule has 21 heavy (non-hydrogen) atoms. The van der Waals surface area contributed by atoms with Gasteiger partial charge in [0.15, 0.2) is 5.78 Å². The first-order chi connectivity index (χ1) is 10.2. The summed E-state index contributed by atoms with van der Waals surface area (Å²) in [6.45, 7) is 0.400. The van der Waals surface area contributed by atoms with Crippen molar-refractivity contribution >= 4 is 16.7 Å². The molecule has 110 valence electrons. The van der Waals surface area contributed by atoms with Crippen LogP contribution in [0.25, 0.3) is 10.9 Å². The van der Waals surface area contributed by atoms with Gasteiger partial charge in [0.1, 0.15) is 6.61 Å². The van der Waals surface area contributed by atoms with Crippen LogP contribution >= 0.6 is 0 Å². The summed E-state index contributed by atoms with van der Waals surface area (Å²) in [5, 5.41) is 13.3. The van der Waals surface area contributed by atoms with Crippen LogP contribution in [0, 0.1) is 0 Å². The molecule has 0 saturated carbocycles. The quantitative estimate of drug-likeness (QED) is 0.823. The van der Waals surface area contributed by atoms with Crippen LogP contribution in [-0.2, 0) is 0 Å². The summed E-state index contributed by atoms with van der Waals surface area (Å²) < 4.78 is 5.16. The van der Waals surface area contributed by atoms with Gasteiger partial charge in [-0.25, -0.2) is 0 Å². The lowest BCUT2D eigenvalue weighted by atomic mass is 9.99. The summed E-state index contributed by atoms with van der Waals surface area (Å²) in [6, 6.07) is 5.65. The highest BCUT2D eigenvalue weighted by Crippen LogP contribution is 2.31. The second kappa shape index (κ2) is 5.75. The van der Waals surface area contributed by atoms with Crippen molar-refractivity contribution in [3.63, 3.8) is 0 Å². The number of Topliss-reactive ketones (excluding diaryl/α,β-unsaturated/α-hetero) is 1. The number of hydrogen-bond acceptors (Lipinski definition) is 6. The van der Waals surface area contributed by atoms with Gasteiger partial charge in [0.2, 0.25) is 0 Å². The Balaban J connectivity index is 2.27. The molecule has 6 heteroatoms. The van der Waals surface area contributed by atoms with Crippen LogP contribution in [0.1, 0.15) is 34.9 Å². The smallest absolute Gasteiger partial charge is 0.316 e. The Morgan fingerprint density at radius 3 is 3.00 bits per heavy atom. The molecule has 1 aliphatic rings. The van der Waals surface area contributed by atoms with E-state index in [1.165, 1.54) is 7.11 Å². The molecule has 1 unspecified atom stereocenters. The van der Waals surface area contributed by atoms with Crippen LogP contribution in [-0.4, -0.2) is 41.1 Å². The average molecular weight is 287 g/mol. The number of benzene rings is 1. The van der Waals surface area contributed by atoms with E-state index < -0.39 is 6.61 Å². The van der Waals surface area contributed by atoms with Crippen LogP contribution in [0.3, 0.4) is 0 Å². The van der Waals surface area contributed by atoms with Crippen molar-refractivity contribution in [3.05, 3.63) is 29.5 Å². The number of hydrogen-bond donors (Lipinski definition) is 2. The number of ether oxygens (including phenoxy) is 1. The van der Waals surface area contributed by atoms with E-state index >= 15 is 0 Å². The van der Waals surface area contributed by atoms with Gasteiger partial charge in [-0.1, -0.05) is 12.1 Å². The molecule has 1 atom stereocenters. The molecule has 0 spiro atoms. The van der Waals surface area contributed by atoms with Gasteiger partial charge in [0.05, 0.1) is 24.4 Å². The van der Waals surface area contributed by atoms with Crippen LogP contribution in [0.4, 0.5) is 0 Å². The molecule has 1 aromatic heterocycles. The highest BCUT2D eigenvalue weighted by Gasteiger charge is 2.24. The molecule has 3 rings (SSSR count). The maximum absolute atomic E-state index is 12.0. The number of carbonyl (C=O) groups excluding carboxylic acids is 1. The molecule has 1 aromatic carbocycles. The van der Waals surface area contributed by atoms with Crippen LogP contribution in [0.15, 0.2) is 18.2 Å². The van der Waals surface area contributed by atoms with Gasteiger partial charge in [-0.3, -0.25) is 4.79 Å². The standard InChI is InChI=1S/C15H17N3O3/c1-21-15-17-10-5-2-4-9(12(20)8-19)13(10)14(18-15)11-6-3-7-16-11/h2,4-5,11,16,19H,3,6-8H2,1H3. The van der Waals surface area contributed by atoms with Gasteiger partial charge in [0, 0.05) is 10.9 Å². The summed E-state index contributed by atoms with van der Waals surface area (Å²) >= 11 is 0. The Labute approximate surface area is 122 Å². The number of methoxy groups -OCH3 is 1. The number of nitrogens with one attached hydrogen (secondary N) is 1. The minimum atomic E-state index is -0.525. The van der Waals surface area contributed by atoms with E-state index in [4.69, 9.17) is 4.74 Å². The van der Waals surface area contributed by atoms with Gasteiger partial charge in [-0.2, -0.15) is 9.97 Å². The predicted molar refractivity (Wildman–Crippen MR) is 77.5 cm³/mol. The third-order valence-electron chi connectivity index (χ3n) is 3.75. The molecule has 2 N–H and O–H groups in total. The molecule has 2 heterocycles. The predicted octanol–water partition coefficient (Wildman–Crippen LogP) is 1.24. The highest BCUT2D eigenvalue weighted by molar-refractivity contribution is 6.08. The number of aliphatic hydroxyl groups excluding tert-OH is 1. The van der Waals surface area contributed by atoms with Gasteiger partial charge in [-0.05, 0) is 25.5 Å². The third-order valence-corrected chi connectivity index (χ3v) is 3.75. The van der Waals surface area contributed by atoms with Crippen molar-refractivity contribution in [1.82, 2.24) is 15.3 Å². The van der Waals surface area contributed by atoms with E-state index in [2.05, 4.69) is 15.3 Å². The highest BCUT2D eigenvalue weighted by atomic mass is 16.5. The topological polar surface area (TPSA) is 84.3 Å². The number of fused-ring (bicyclic) bond motifs is 1. The molecule has 1 saturated heterocycles. The lowest BCUT2D eigenvalue weighted by molar-refractivity contribution is 0.0905. The van der Waals surface area contributed by atoms with E-state index in [1.807, 2.05) is 6.07 Å². The monoisotopic (exact) mass is 287 g/mol. The first-order valence-corrected chi connectivity index (χ1v) is 6.96. The first-order valence-electron chi connectivity index (χ1n) is 6.96. The normalized spacial score (nSPS) is 18.1. The molecule has 0 radical (unpaired) electrons. The maximum atomic E-state index is 12.0. The van der Waals surface area contributed by atoms with Crippen LogP contribution in [0.5, 0.6) is 6.01 Å². The fourth-order valence-corrected chi connectivity index (χ4v) is 2.77. The number of aliphatic hydroxyl groups is 1. The van der Waals surface area contributed by atoms with Gasteiger partial charge >= 0.3 is 6.01 Å². The fraction of sp³-hybridized carbons (Fsp3) is 0.400. The number of carbonyl (C=O) groups is 1. The van der Waals surface area contributed by atoms with E-state index in [-0.39, 0.29) is 11.8 Å². The summed E-state index contributed by atoms with van der Waals surface area (Å²) in [5.74, 6) is -0.325. The van der Waals surface area contributed by atoms with E-state index in [1.54, 1.807) is 12.1 Å². The van der Waals surface area contributed by atoms with E-state index in [0.29, 0.717) is 22.5 Å². The molecule has 0 bridgehead atoms. The minimum absolute atomic E-state index is 0.0806. The molecular formula is C15H17N3O3. The average Bonchev–Trinajstić information content (AvgIpc) is 3.06. The van der Waals surface area contributed by atoms with Crippen molar-refractivity contribution in [2.45, 2.75) is 18.9 Å². The minimum Gasteiger partial charge on any atom is -0.467 e. The van der Waals surface area contributed by atoms with Crippen molar-refractivity contribution in [2.75, 3.05) is 20.3 Å². The summed E-state index contributed by atoms with van der Waals surface area (Å²) in [7, 11) is 1.52. The first kappa shape index (κ1) is 13.9. The van der Waals surface area contributed by atoms with Crippen LogP contribution in [0.2, 0.25) is 0 Å². The second-order valence-corrected chi connectivity index (χ2v) is 5.03. The largest absolute Gasteiger partial charge is 0.467 e. The summed E-state index contributed by atoms with van der Waals surface area (Å²) in [5.41, 5.74) is 1.89. The molecule has 0 amide bonds. The van der Waals surface area contributed by atoms with Crippen molar-refractivity contribution in [2.24, 2.45) is 0 Å². The number of nitrogens with zero attached hydrogens (tertiary/aromatic N) is 2. The van der Waals surface area contributed by atoms with Crippen molar-refractivity contribution in [3.8, 4) is 6.01 Å². The molecule has 1 aliphatic heterocycles. The molecule has 2 aromatic rings.